The maximum Gasteiger partial charge on any atom is 0.197 e. The minimum Gasteiger partial charge on any atom is -0.380 e. The largest absolute Gasteiger partial charge is 0.380 e. The Hall–Kier alpha value is -0.900. The summed E-state index contributed by atoms with van der Waals surface area (Å²) in [4.78, 5) is 0. The molecule has 1 aliphatic rings. The summed E-state index contributed by atoms with van der Waals surface area (Å²) in [6.45, 7) is 12.0. The average molecular weight is 419 g/mol. The highest BCUT2D eigenvalue weighted by atomic mass is 16.7. The molecule has 1 aliphatic heterocycles. The molecule has 1 saturated heterocycles. The highest BCUT2D eigenvalue weighted by Gasteiger charge is 2.42. The molecule has 0 saturated carbocycles. The van der Waals surface area contributed by atoms with Crippen molar-refractivity contribution in [3.63, 3.8) is 0 Å². The summed E-state index contributed by atoms with van der Waals surface area (Å²) in [5, 5.41) is 0. The van der Waals surface area contributed by atoms with Crippen LogP contribution in [0.5, 0.6) is 0 Å². The van der Waals surface area contributed by atoms with E-state index in [2.05, 4.69) is 58.0 Å². The van der Waals surface area contributed by atoms with E-state index in [0.29, 0.717) is 24.5 Å². The first-order chi connectivity index (χ1) is 14.6. The van der Waals surface area contributed by atoms with Crippen LogP contribution in [0.25, 0.3) is 0 Å². The van der Waals surface area contributed by atoms with Crippen molar-refractivity contribution in [3.05, 3.63) is 35.9 Å². The van der Waals surface area contributed by atoms with Crippen LogP contribution in [0.4, 0.5) is 0 Å². The van der Waals surface area contributed by atoms with Crippen molar-refractivity contribution in [1.29, 1.82) is 0 Å². The first-order valence-electron chi connectivity index (χ1n) is 12.5. The van der Waals surface area contributed by atoms with Crippen LogP contribution in [0, 0.1) is 11.3 Å². The smallest absolute Gasteiger partial charge is 0.197 e. The van der Waals surface area contributed by atoms with Gasteiger partial charge >= 0.3 is 0 Å². The molecular weight excluding hydrogens is 372 g/mol. The fourth-order valence-corrected chi connectivity index (χ4v) is 4.84. The van der Waals surface area contributed by atoms with Gasteiger partial charge in [-0.1, -0.05) is 89.1 Å². The van der Waals surface area contributed by atoms with Gasteiger partial charge in [0.05, 0.1) is 13.2 Å². The summed E-state index contributed by atoms with van der Waals surface area (Å²) in [7, 11) is 0. The quantitative estimate of drug-likeness (QED) is 0.194. The second-order valence-electron chi connectivity index (χ2n) is 9.35. The zero-order valence-corrected chi connectivity index (χ0v) is 20.1. The molecule has 0 N–H and O–H groups in total. The third kappa shape index (κ3) is 7.35. The van der Waals surface area contributed by atoms with Crippen molar-refractivity contribution in [2.24, 2.45) is 11.3 Å². The molecule has 0 aliphatic carbocycles. The van der Waals surface area contributed by atoms with Crippen LogP contribution in [-0.4, -0.2) is 26.4 Å². The Kier molecular flexibility index (Phi) is 11.4. The van der Waals surface area contributed by atoms with Gasteiger partial charge in [-0.15, -0.1) is 0 Å². The Morgan fingerprint density at radius 2 is 1.47 bits per heavy atom. The molecular formula is C27H46O3. The van der Waals surface area contributed by atoms with Gasteiger partial charge in [-0.2, -0.15) is 0 Å². The van der Waals surface area contributed by atoms with Crippen LogP contribution in [0.15, 0.2) is 30.3 Å². The molecule has 0 bridgehead atoms. The van der Waals surface area contributed by atoms with Gasteiger partial charge in [0.25, 0.3) is 0 Å². The van der Waals surface area contributed by atoms with E-state index in [0.717, 1.165) is 26.1 Å². The maximum absolute atomic E-state index is 6.49. The van der Waals surface area contributed by atoms with E-state index in [1.807, 2.05) is 0 Å². The summed E-state index contributed by atoms with van der Waals surface area (Å²) in [6, 6.07) is 10.7. The van der Waals surface area contributed by atoms with E-state index in [-0.39, 0.29) is 0 Å². The van der Waals surface area contributed by atoms with Crippen molar-refractivity contribution >= 4 is 0 Å². The topological polar surface area (TPSA) is 27.7 Å². The second-order valence-corrected chi connectivity index (χ2v) is 9.35. The van der Waals surface area contributed by atoms with Crippen LogP contribution in [0.3, 0.4) is 0 Å². The number of benzene rings is 1. The first kappa shape index (κ1) is 25.4. The van der Waals surface area contributed by atoms with Gasteiger partial charge in [0.2, 0.25) is 0 Å². The number of ether oxygens (including phenoxy) is 3. The lowest BCUT2D eigenvalue weighted by Gasteiger charge is -2.42. The predicted octanol–water partition coefficient (Wildman–Crippen LogP) is 7.49. The molecule has 0 spiro atoms. The SMILES string of the molecule is CCCCCCCCC(CCCC1(C)COC1)C(OCC)(OCC)c1ccccc1. The van der Waals surface area contributed by atoms with Gasteiger partial charge in [-0.05, 0) is 33.1 Å². The third-order valence-corrected chi connectivity index (χ3v) is 6.57. The molecule has 3 heteroatoms. The Morgan fingerprint density at radius 1 is 0.867 bits per heavy atom. The van der Waals surface area contributed by atoms with Gasteiger partial charge < -0.3 is 14.2 Å². The van der Waals surface area contributed by atoms with E-state index >= 15 is 0 Å². The van der Waals surface area contributed by atoms with Crippen molar-refractivity contribution < 1.29 is 14.2 Å². The first-order valence-corrected chi connectivity index (χ1v) is 12.5. The molecule has 3 nitrogen and oxygen atoms in total. The van der Waals surface area contributed by atoms with Gasteiger partial charge in [0.15, 0.2) is 5.79 Å². The Labute approximate surface area is 185 Å². The van der Waals surface area contributed by atoms with Crippen molar-refractivity contribution in [3.8, 4) is 0 Å². The van der Waals surface area contributed by atoms with Gasteiger partial charge in [-0.3, -0.25) is 0 Å². The summed E-state index contributed by atoms with van der Waals surface area (Å²) in [6.07, 6.45) is 12.7. The fourth-order valence-electron chi connectivity index (χ4n) is 4.84. The van der Waals surface area contributed by atoms with Gasteiger partial charge in [0.1, 0.15) is 0 Å². The lowest BCUT2D eigenvalue weighted by Crippen LogP contribution is -2.42. The summed E-state index contributed by atoms with van der Waals surface area (Å²) >= 11 is 0. The van der Waals surface area contributed by atoms with Crippen molar-refractivity contribution in [1.82, 2.24) is 0 Å². The highest BCUT2D eigenvalue weighted by molar-refractivity contribution is 5.21. The monoisotopic (exact) mass is 418 g/mol. The molecule has 1 unspecified atom stereocenters. The Morgan fingerprint density at radius 3 is 2.03 bits per heavy atom. The number of rotatable bonds is 17. The summed E-state index contributed by atoms with van der Waals surface area (Å²) in [5.41, 5.74) is 1.54. The molecule has 30 heavy (non-hydrogen) atoms. The minimum absolute atomic E-state index is 0.371. The zero-order chi connectivity index (χ0) is 21.7. The highest BCUT2D eigenvalue weighted by Crippen LogP contribution is 2.42. The minimum atomic E-state index is -0.634. The normalized spacial score (nSPS) is 16.9. The van der Waals surface area contributed by atoms with Crippen molar-refractivity contribution in [2.75, 3.05) is 26.4 Å². The second kappa shape index (κ2) is 13.5. The molecule has 0 radical (unpaired) electrons. The predicted molar refractivity (Wildman–Crippen MR) is 126 cm³/mol. The molecule has 2 rings (SSSR count). The van der Waals surface area contributed by atoms with Gasteiger partial charge in [0, 0.05) is 30.1 Å². The van der Waals surface area contributed by atoms with Crippen LogP contribution in [-0.2, 0) is 20.0 Å². The molecule has 1 aromatic rings. The molecule has 1 atom stereocenters. The lowest BCUT2D eigenvalue weighted by atomic mass is 9.78. The molecule has 1 heterocycles. The van der Waals surface area contributed by atoms with Crippen LogP contribution >= 0.6 is 0 Å². The molecule has 172 valence electrons. The van der Waals surface area contributed by atoms with Crippen LogP contribution in [0.1, 0.15) is 97.5 Å². The molecule has 1 aromatic carbocycles. The maximum atomic E-state index is 6.49. The van der Waals surface area contributed by atoms with Crippen molar-refractivity contribution in [2.45, 2.75) is 97.7 Å². The number of hydrogen-bond donors (Lipinski definition) is 0. The van der Waals surface area contributed by atoms with Gasteiger partial charge in [-0.25, -0.2) is 0 Å². The standard InChI is InChI=1S/C27H46O3/c1-5-8-9-10-11-13-17-25(20-16-21-26(4)22-28-23-26)27(29-6-2,30-7-3)24-18-14-12-15-19-24/h12,14-15,18-19,25H,5-11,13,16-17,20-23H2,1-4H3. The number of hydrogen-bond acceptors (Lipinski definition) is 3. The number of unbranched alkanes of at least 4 members (excludes halogenated alkanes) is 5. The zero-order valence-electron chi connectivity index (χ0n) is 20.1. The molecule has 1 fully saturated rings. The van der Waals surface area contributed by atoms with E-state index in [4.69, 9.17) is 14.2 Å². The Bertz CT molecular complexity index is 546. The summed E-state index contributed by atoms with van der Waals surface area (Å²) in [5.74, 6) is -0.263. The van der Waals surface area contributed by atoms with E-state index < -0.39 is 5.79 Å². The van der Waals surface area contributed by atoms with Crippen LogP contribution in [0.2, 0.25) is 0 Å². The Balaban J connectivity index is 2.12. The van der Waals surface area contributed by atoms with E-state index in [1.165, 1.54) is 56.9 Å². The average Bonchev–Trinajstić information content (AvgIpc) is 2.74. The third-order valence-electron chi connectivity index (χ3n) is 6.57. The van der Waals surface area contributed by atoms with Crippen LogP contribution < -0.4 is 0 Å². The molecule has 0 aromatic heterocycles. The molecule has 0 amide bonds. The van der Waals surface area contributed by atoms with E-state index in [1.54, 1.807) is 0 Å². The summed E-state index contributed by atoms with van der Waals surface area (Å²) < 4.78 is 18.5. The fraction of sp³-hybridized carbons (Fsp3) is 0.778. The van der Waals surface area contributed by atoms with E-state index in [9.17, 15) is 0 Å². The lowest BCUT2D eigenvalue weighted by molar-refractivity contribution is -0.277.